The smallest absolute Gasteiger partial charge is 0.183 e. The highest BCUT2D eigenvalue weighted by molar-refractivity contribution is 5.93. The molecule has 5 nitrogen and oxygen atoms in total. The number of nitrogens with two attached hydrogens (primary N) is 1. The predicted octanol–water partition coefficient (Wildman–Crippen LogP) is 3.32. The summed E-state index contributed by atoms with van der Waals surface area (Å²) in [6, 6.07) is 1.95. The van der Waals surface area contributed by atoms with Crippen LogP contribution in [0, 0.1) is 5.41 Å². The van der Waals surface area contributed by atoms with Crippen LogP contribution in [0.2, 0.25) is 0 Å². The quantitative estimate of drug-likeness (QED) is 0.717. The number of rotatable bonds is 1. The first kappa shape index (κ1) is 12.4. The Morgan fingerprint density at radius 1 is 1.33 bits per heavy atom. The second-order valence-corrected chi connectivity index (χ2v) is 6.61. The van der Waals surface area contributed by atoms with E-state index in [1.165, 1.54) is 11.1 Å². The molecule has 0 amide bonds. The van der Waals surface area contributed by atoms with Crippen LogP contribution < -0.4 is 5.73 Å². The van der Waals surface area contributed by atoms with Crippen LogP contribution in [0.1, 0.15) is 31.4 Å². The molecule has 3 aromatic heterocycles. The maximum atomic E-state index is 6.08. The van der Waals surface area contributed by atoms with Gasteiger partial charge < -0.3 is 10.2 Å². The molecule has 3 heterocycles. The molecule has 0 saturated carbocycles. The van der Waals surface area contributed by atoms with Crippen LogP contribution in [0.5, 0.6) is 0 Å². The Hall–Kier alpha value is -2.30. The van der Waals surface area contributed by atoms with Crippen LogP contribution in [-0.4, -0.2) is 15.2 Å². The summed E-state index contributed by atoms with van der Waals surface area (Å²) in [6.07, 6.45) is 6.58. The highest BCUT2D eigenvalue weighted by Crippen LogP contribution is 2.42. The molecule has 0 unspecified atom stereocenters. The first-order valence-electron chi connectivity index (χ1n) is 7.23. The number of anilines is 1. The van der Waals surface area contributed by atoms with Gasteiger partial charge in [-0.2, -0.15) is 5.10 Å². The highest BCUT2D eigenvalue weighted by Gasteiger charge is 2.30. The zero-order chi connectivity index (χ0) is 14.6. The van der Waals surface area contributed by atoms with Crippen molar-refractivity contribution >= 4 is 16.9 Å². The molecule has 108 valence electrons. The van der Waals surface area contributed by atoms with Crippen molar-refractivity contribution in [2.75, 3.05) is 5.73 Å². The summed E-state index contributed by atoms with van der Waals surface area (Å²) in [5.41, 5.74) is 11.6. The standard InChI is InChI=1S/C16H18N4O/c1-16(2)5-3-10-11(7-16)12-14(17)19-20-15(12)18-13(10)9-4-6-21-8-9/h4,6,8H,3,5,7H2,1-2H3,(H3,17,18,19,20). The molecule has 0 aromatic carbocycles. The molecule has 4 rings (SSSR count). The predicted molar refractivity (Wildman–Crippen MR) is 81.8 cm³/mol. The van der Waals surface area contributed by atoms with Gasteiger partial charge in [-0.1, -0.05) is 13.8 Å². The largest absolute Gasteiger partial charge is 0.472 e. The van der Waals surface area contributed by atoms with Crippen molar-refractivity contribution < 1.29 is 4.42 Å². The second-order valence-electron chi connectivity index (χ2n) is 6.61. The van der Waals surface area contributed by atoms with Gasteiger partial charge in [0, 0.05) is 5.56 Å². The lowest BCUT2D eigenvalue weighted by Gasteiger charge is -2.32. The van der Waals surface area contributed by atoms with Crippen LogP contribution >= 0.6 is 0 Å². The van der Waals surface area contributed by atoms with Crippen LogP contribution in [0.4, 0.5) is 5.82 Å². The van der Waals surface area contributed by atoms with Crippen molar-refractivity contribution in [2.45, 2.75) is 33.1 Å². The topological polar surface area (TPSA) is 80.7 Å². The van der Waals surface area contributed by atoms with E-state index in [2.05, 4.69) is 24.0 Å². The minimum absolute atomic E-state index is 0.276. The first-order chi connectivity index (χ1) is 10.1. The molecule has 0 spiro atoms. The van der Waals surface area contributed by atoms with E-state index < -0.39 is 0 Å². The number of H-pyrrole nitrogens is 1. The number of furan rings is 1. The average molecular weight is 282 g/mol. The molecule has 0 radical (unpaired) electrons. The number of aromatic nitrogens is 3. The van der Waals surface area contributed by atoms with E-state index >= 15 is 0 Å². The molecule has 0 atom stereocenters. The fraction of sp³-hybridized carbons (Fsp3) is 0.375. The Morgan fingerprint density at radius 3 is 2.95 bits per heavy atom. The summed E-state index contributed by atoms with van der Waals surface area (Å²) < 4.78 is 5.23. The summed E-state index contributed by atoms with van der Waals surface area (Å²) >= 11 is 0. The molecule has 0 bridgehead atoms. The van der Waals surface area contributed by atoms with Crippen molar-refractivity contribution in [3.8, 4) is 11.3 Å². The number of aromatic amines is 1. The van der Waals surface area contributed by atoms with Crippen molar-refractivity contribution in [2.24, 2.45) is 5.41 Å². The lowest BCUT2D eigenvalue weighted by molar-refractivity contribution is 0.317. The fourth-order valence-corrected chi connectivity index (χ4v) is 3.32. The molecule has 3 N–H and O–H groups in total. The van der Waals surface area contributed by atoms with E-state index in [1.54, 1.807) is 12.5 Å². The Balaban J connectivity index is 2.05. The second kappa shape index (κ2) is 4.10. The Labute approximate surface area is 122 Å². The fourth-order valence-electron chi connectivity index (χ4n) is 3.32. The van der Waals surface area contributed by atoms with Gasteiger partial charge in [0.05, 0.1) is 23.6 Å². The number of hydrogen-bond donors (Lipinski definition) is 2. The molecular formula is C16H18N4O. The number of nitrogens with zero attached hydrogens (tertiary/aromatic N) is 2. The average Bonchev–Trinajstić information content (AvgIpc) is 3.06. The Kier molecular flexibility index (Phi) is 2.43. The third-order valence-electron chi connectivity index (χ3n) is 4.45. The molecule has 0 aliphatic heterocycles. The Bertz CT molecular complexity index is 815. The SMILES string of the molecule is CC1(C)CCc2c(-c3ccoc3)nc3n[nH]c(N)c3c2C1. The van der Waals surface area contributed by atoms with Gasteiger partial charge in [0.15, 0.2) is 5.65 Å². The van der Waals surface area contributed by atoms with Crippen molar-refractivity contribution in [1.82, 2.24) is 15.2 Å². The zero-order valence-corrected chi connectivity index (χ0v) is 12.2. The molecule has 1 aliphatic carbocycles. The maximum absolute atomic E-state index is 6.08. The molecule has 1 aliphatic rings. The van der Waals surface area contributed by atoms with E-state index in [0.29, 0.717) is 11.5 Å². The van der Waals surface area contributed by atoms with Crippen molar-refractivity contribution in [3.63, 3.8) is 0 Å². The Morgan fingerprint density at radius 2 is 2.19 bits per heavy atom. The third-order valence-corrected chi connectivity index (χ3v) is 4.45. The van der Waals surface area contributed by atoms with Gasteiger partial charge in [-0.05, 0) is 41.9 Å². The van der Waals surface area contributed by atoms with E-state index in [4.69, 9.17) is 15.1 Å². The number of hydrogen-bond acceptors (Lipinski definition) is 4. The van der Waals surface area contributed by atoms with E-state index in [1.807, 2.05) is 6.07 Å². The summed E-state index contributed by atoms with van der Waals surface area (Å²) in [4.78, 5) is 4.72. The normalized spacial score (nSPS) is 17.0. The number of pyridine rings is 1. The minimum Gasteiger partial charge on any atom is -0.472 e. The summed E-state index contributed by atoms with van der Waals surface area (Å²) in [5.74, 6) is 0.616. The third kappa shape index (κ3) is 1.84. The summed E-state index contributed by atoms with van der Waals surface area (Å²) in [6.45, 7) is 4.60. The van der Waals surface area contributed by atoms with Gasteiger partial charge in [0.2, 0.25) is 0 Å². The van der Waals surface area contributed by atoms with Crippen molar-refractivity contribution in [1.29, 1.82) is 0 Å². The van der Waals surface area contributed by atoms with E-state index in [-0.39, 0.29) is 5.41 Å². The van der Waals surface area contributed by atoms with Crippen molar-refractivity contribution in [3.05, 3.63) is 29.7 Å². The van der Waals surface area contributed by atoms with Crippen LogP contribution in [0.15, 0.2) is 23.0 Å². The summed E-state index contributed by atoms with van der Waals surface area (Å²) in [7, 11) is 0. The van der Waals surface area contributed by atoms with E-state index in [9.17, 15) is 0 Å². The van der Waals surface area contributed by atoms with Gasteiger partial charge in [-0.15, -0.1) is 0 Å². The summed E-state index contributed by atoms with van der Waals surface area (Å²) in [5, 5.41) is 8.11. The van der Waals surface area contributed by atoms with E-state index in [0.717, 1.165) is 35.9 Å². The van der Waals surface area contributed by atoms with Gasteiger partial charge in [-0.25, -0.2) is 4.98 Å². The molecule has 5 heteroatoms. The molecule has 21 heavy (non-hydrogen) atoms. The lowest BCUT2D eigenvalue weighted by atomic mass is 9.73. The number of nitrogen functional groups attached to an aromatic ring is 1. The first-order valence-corrected chi connectivity index (χ1v) is 7.23. The van der Waals surface area contributed by atoms with Crippen LogP contribution in [0.3, 0.4) is 0 Å². The lowest BCUT2D eigenvalue weighted by Crippen LogP contribution is -2.23. The molecular weight excluding hydrogens is 264 g/mol. The molecule has 3 aromatic rings. The van der Waals surface area contributed by atoms with Gasteiger partial charge in [0.1, 0.15) is 5.82 Å². The number of nitrogens with one attached hydrogen (secondary N) is 1. The zero-order valence-electron chi connectivity index (χ0n) is 12.2. The highest BCUT2D eigenvalue weighted by atomic mass is 16.3. The van der Waals surface area contributed by atoms with Gasteiger partial charge in [-0.3, -0.25) is 5.10 Å². The molecule has 0 fully saturated rings. The number of fused-ring (bicyclic) bond motifs is 3. The maximum Gasteiger partial charge on any atom is 0.183 e. The van der Waals surface area contributed by atoms with Gasteiger partial charge in [0.25, 0.3) is 0 Å². The van der Waals surface area contributed by atoms with Gasteiger partial charge >= 0.3 is 0 Å². The van der Waals surface area contributed by atoms with Crippen LogP contribution in [0.25, 0.3) is 22.3 Å². The monoisotopic (exact) mass is 282 g/mol. The molecule has 0 saturated heterocycles. The minimum atomic E-state index is 0.276. The van der Waals surface area contributed by atoms with Crippen LogP contribution in [-0.2, 0) is 12.8 Å².